The molecule has 4 nitrogen and oxygen atoms in total. The van der Waals surface area contributed by atoms with Crippen LogP contribution in [0.1, 0.15) is 49.9 Å². The van der Waals surface area contributed by atoms with Gasteiger partial charge >= 0.3 is 0 Å². The summed E-state index contributed by atoms with van der Waals surface area (Å²) < 4.78 is 0. The molecule has 0 atom stereocenters. The standard InChI is InChI=1S/C16H24ClN3O/c1-3-8-18-15-10-13(9-14(17)19-15)16(21)20(4-2)11-12-6-5-7-12/h9-10,12H,3-8,11H2,1-2H3,(H,18,19). The van der Waals surface area contributed by atoms with E-state index in [0.717, 1.165) is 26.1 Å². The minimum atomic E-state index is 0.0493. The Balaban J connectivity index is 2.10. The first-order valence-electron chi connectivity index (χ1n) is 7.84. The summed E-state index contributed by atoms with van der Waals surface area (Å²) in [5, 5.41) is 3.54. The van der Waals surface area contributed by atoms with Crippen LogP contribution in [-0.2, 0) is 0 Å². The van der Waals surface area contributed by atoms with Gasteiger partial charge in [-0.15, -0.1) is 0 Å². The number of carbonyl (C=O) groups is 1. The Bertz CT molecular complexity index is 488. The van der Waals surface area contributed by atoms with E-state index in [1.807, 2.05) is 11.8 Å². The minimum Gasteiger partial charge on any atom is -0.370 e. The molecule has 1 aliphatic carbocycles. The molecule has 0 bridgehead atoms. The van der Waals surface area contributed by atoms with Crippen molar-refractivity contribution in [2.75, 3.05) is 25.0 Å². The summed E-state index contributed by atoms with van der Waals surface area (Å²) in [6.45, 7) is 6.51. The summed E-state index contributed by atoms with van der Waals surface area (Å²) in [6, 6.07) is 3.46. The Morgan fingerprint density at radius 2 is 2.19 bits per heavy atom. The van der Waals surface area contributed by atoms with Gasteiger partial charge in [0.2, 0.25) is 0 Å². The van der Waals surface area contributed by atoms with E-state index in [2.05, 4.69) is 17.2 Å². The van der Waals surface area contributed by atoms with Gasteiger partial charge in [0, 0.05) is 25.2 Å². The highest BCUT2D eigenvalue weighted by Gasteiger charge is 2.23. The van der Waals surface area contributed by atoms with Gasteiger partial charge in [-0.2, -0.15) is 0 Å². The number of rotatable bonds is 7. The van der Waals surface area contributed by atoms with Crippen molar-refractivity contribution < 1.29 is 4.79 Å². The number of nitrogens with zero attached hydrogens (tertiary/aromatic N) is 2. The molecule has 1 N–H and O–H groups in total. The molecule has 0 radical (unpaired) electrons. The first-order valence-corrected chi connectivity index (χ1v) is 8.22. The number of carbonyl (C=O) groups excluding carboxylic acids is 1. The van der Waals surface area contributed by atoms with Crippen LogP contribution >= 0.6 is 11.6 Å². The van der Waals surface area contributed by atoms with Crippen LogP contribution in [0.5, 0.6) is 0 Å². The number of pyridine rings is 1. The van der Waals surface area contributed by atoms with Crippen molar-refractivity contribution in [2.24, 2.45) is 5.92 Å². The van der Waals surface area contributed by atoms with Crippen LogP contribution in [0.3, 0.4) is 0 Å². The van der Waals surface area contributed by atoms with Gasteiger partial charge in [-0.25, -0.2) is 4.98 Å². The molecule has 1 aromatic heterocycles. The Kier molecular flexibility index (Phi) is 5.85. The Labute approximate surface area is 131 Å². The lowest BCUT2D eigenvalue weighted by Gasteiger charge is -2.31. The molecule has 0 unspecified atom stereocenters. The molecule has 1 fully saturated rings. The van der Waals surface area contributed by atoms with Crippen molar-refractivity contribution in [3.05, 3.63) is 22.8 Å². The van der Waals surface area contributed by atoms with Crippen molar-refractivity contribution in [3.8, 4) is 0 Å². The second-order valence-corrected chi connectivity index (χ2v) is 6.02. The van der Waals surface area contributed by atoms with Crippen molar-refractivity contribution in [3.63, 3.8) is 0 Å². The highest BCUT2D eigenvalue weighted by atomic mass is 35.5. The fourth-order valence-corrected chi connectivity index (χ4v) is 2.70. The Morgan fingerprint density at radius 3 is 2.76 bits per heavy atom. The van der Waals surface area contributed by atoms with Gasteiger partial charge in [-0.1, -0.05) is 24.9 Å². The van der Waals surface area contributed by atoms with Gasteiger partial charge in [-0.05, 0) is 44.2 Å². The van der Waals surface area contributed by atoms with E-state index in [1.165, 1.54) is 19.3 Å². The molecular formula is C16H24ClN3O. The maximum absolute atomic E-state index is 12.6. The molecule has 0 aliphatic heterocycles. The summed E-state index contributed by atoms with van der Waals surface area (Å²) in [4.78, 5) is 18.8. The molecule has 0 saturated heterocycles. The minimum absolute atomic E-state index is 0.0493. The lowest BCUT2D eigenvalue weighted by molar-refractivity contribution is 0.0706. The van der Waals surface area contributed by atoms with Crippen molar-refractivity contribution in [1.82, 2.24) is 9.88 Å². The summed E-state index contributed by atoms with van der Waals surface area (Å²) >= 11 is 6.04. The molecule has 1 heterocycles. The van der Waals surface area contributed by atoms with Gasteiger partial charge in [0.1, 0.15) is 11.0 Å². The monoisotopic (exact) mass is 309 g/mol. The van der Waals surface area contributed by atoms with E-state index in [-0.39, 0.29) is 5.91 Å². The normalized spacial score (nSPS) is 14.6. The van der Waals surface area contributed by atoms with Gasteiger partial charge in [0.15, 0.2) is 0 Å². The van der Waals surface area contributed by atoms with Crippen LogP contribution in [-0.4, -0.2) is 35.4 Å². The second-order valence-electron chi connectivity index (χ2n) is 5.63. The topological polar surface area (TPSA) is 45.2 Å². The fourth-order valence-electron chi connectivity index (χ4n) is 2.49. The molecule has 0 spiro atoms. The number of nitrogens with one attached hydrogen (secondary N) is 1. The zero-order chi connectivity index (χ0) is 15.2. The number of halogens is 1. The third-order valence-corrected chi connectivity index (χ3v) is 4.16. The van der Waals surface area contributed by atoms with Crippen LogP contribution in [0, 0.1) is 5.92 Å². The zero-order valence-electron chi connectivity index (χ0n) is 12.9. The molecule has 1 amide bonds. The summed E-state index contributed by atoms with van der Waals surface area (Å²) in [5.74, 6) is 1.39. The van der Waals surface area contributed by atoms with Crippen molar-refractivity contribution in [2.45, 2.75) is 39.5 Å². The second kappa shape index (κ2) is 7.64. The van der Waals surface area contributed by atoms with Crippen LogP contribution in [0.4, 0.5) is 5.82 Å². The quantitative estimate of drug-likeness (QED) is 0.779. The SMILES string of the molecule is CCCNc1cc(C(=O)N(CC)CC2CCC2)cc(Cl)n1. The predicted molar refractivity (Wildman–Crippen MR) is 86.9 cm³/mol. The van der Waals surface area contributed by atoms with Crippen LogP contribution in [0.15, 0.2) is 12.1 Å². The maximum Gasteiger partial charge on any atom is 0.254 e. The Hall–Kier alpha value is -1.29. The fraction of sp³-hybridized carbons (Fsp3) is 0.625. The van der Waals surface area contributed by atoms with E-state index < -0.39 is 0 Å². The maximum atomic E-state index is 12.6. The summed E-state index contributed by atoms with van der Waals surface area (Å²) in [5.41, 5.74) is 0.620. The molecule has 5 heteroatoms. The van der Waals surface area contributed by atoms with E-state index in [9.17, 15) is 4.79 Å². The molecule has 1 aromatic rings. The van der Waals surface area contributed by atoms with E-state index in [4.69, 9.17) is 11.6 Å². The lowest BCUT2D eigenvalue weighted by atomic mass is 9.85. The lowest BCUT2D eigenvalue weighted by Crippen LogP contribution is -2.37. The molecule has 21 heavy (non-hydrogen) atoms. The first-order chi connectivity index (χ1) is 10.1. The Morgan fingerprint density at radius 1 is 1.43 bits per heavy atom. The van der Waals surface area contributed by atoms with Crippen molar-refractivity contribution in [1.29, 1.82) is 0 Å². The molecule has 0 aromatic carbocycles. The third-order valence-electron chi connectivity index (χ3n) is 3.97. The van der Waals surface area contributed by atoms with E-state index in [1.54, 1.807) is 12.1 Å². The summed E-state index contributed by atoms with van der Waals surface area (Å²) in [7, 11) is 0. The van der Waals surface area contributed by atoms with Crippen LogP contribution < -0.4 is 5.32 Å². The van der Waals surface area contributed by atoms with Gasteiger partial charge < -0.3 is 10.2 Å². The molecular weight excluding hydrogens is 286 g/mol. The molecule has 1 saturated carbocycles. The van der Waals surface area contributed by atoms with Gasteiger partial charge in [0.25, 0.3) is 5.91 Å². The number of aromatic nitrogens is 1. The molecule has 2 rings (SSSR count). The largest absolute Gasteiger partial charge is 0.370 e. The number of hydrogen-bond acceptors (Lipinski definition) is 3. The average Bonchev–Trinajstić information content (AvgIpc) is 2.43. The van der Waals surface area contributed by atoms with Crippen LogP contribution in [0.25, 0.3) is 0 Å². The highest BCUT2D eigenvalue weighted by molar-refractivity contribution is 6.29. The van der Waals surface area contributed by atoms with Crippen LogP contribution in [0.2, 0.25) is 5.15 Å². The molecule has 1 aliphatic rings. The van der Waals surface area contributed by atoms with E-state index >= 15 is 0 Å². The number of anilines is 1. The zero-order valence-corrected chi connectivity index (χ0v) is 13.6. The van der Waals surface area contributed by atoms with Crippen molar-refractivity contribution >= 4 is 23.3 Å². The van der Waals surface area contributed by atoms with Gasteiger partial charge in [-0.3, -0.25) is 4.79 Å². The van der Waals surface area contributed by atoms with Gasteiger partial charge in [0.05, 0.1) is 0 Å². The third kappa shape index (κ3) is 4.34. The number of hydrogen-bond donors (Lipinski definition) is 1. The first kappa shape index (κ1) is 16.1. The summed E-state index contributed by atoms with van der Waals surface area (Å²) in [6.07, 6.45) is 4.77. The highest BCUT2D eigenvalue weighted by Crippen LogP contribution is 2.27. The smallest absolute Gasteiger partial charge is 0.254 e. The predicted octanol–water partition coefficient (Wildman–Crippen LogP) is 3.82. The molecule has 116 valence electrons. The number of amides is 1. The average molecular weight is 310 g/mol. The van der Waals surface area contributed by atoms with E-state index in [0.29, 0.717) is 22.5 Å².